The number of amides is 1. The molecule has 2 heterocycles. The van der Waals surface area contributed by atoms with E-state index in [1.54, 1.807) is 24.7 Å². The molecule has 0 saturated heterocycles. The molecule has 1 amide bonds. The summed E-state index contributed by atoms with van der Waals surface area (Å²) in [6, 6.07) is 22.8. The average Bonchev–Trinajstić information content (AvgIpc) is 3.42. The van der Waals surface area contributed by atoms with Gasteiger partial charge in [-0.3, -0.25) is 4.79 Å². The van der Waals surface area contributed by atoms with E-state index in [4.69, 9.17) is 4.42 Å². The highest BCUT2D eigenvalue weighted by molar-refractivity contribution is 6.13. The first-order valence-corrected chi connectivity index (χ1v) is 8.83. The van der Waals surface area contributed by atoms with E-state index in [0.717, 1.165) is 11.1 Å². The Labute approximate surface area is 162 Å². The summed E-state index contributed by atoms with van der Waals surface area (Å²) < 4.78 is 7.50. The molecule has 6 heteroatoms. The van der Waals surface area contributed by atoms with Gasteiger partial charge in [-0.25, -0.2) is 10.4 Å². The second kappa shape index (κ2) is 8.18. The molecule has 6 nitrogen and oxygen atoms in total. The summed E-state index contributed by atoms with van der Waals surface area (Å²) in [5.41, 5.74) is 5.11. The van der Waals surface area contributed by atoms with Gasteiger partial charge in [-0.2, -0.15) is 5.10 Å². The first-order valence-electron chi connectivity index (χ1n) is 8.83. The maximum Gasteiger partial charge on any atom is 0.307 e. The summed E-state index contributed by atoms with van der Waals surface area (Å²) in [5, 5.41) is 4.37. The van der Waals surface area contributed by atoms with Gasteiger partial charge >= 0.3 is 5.91 Å². The van der Waals surface area contributed by atoms with Crippen molar-refractivity contribution < 1.29 is 9.21 Å². The molecule has 0 aliphatic carbocycles. The van der Waals surface area contributed by atoms with Gasteiger partial charge in [0.2, 0.25) is 0 Å². The molecule has 0 atom stereocenters. The quantitative estimate of drug-likeness (QED) is 0.415. The molecule has 28 heavy (non-hydrogen) atoms. The predicted octanol–water partition coefficient (Wildman–Crippen LogP) is 3.71. The van der Waals surface area contributed by atoms with Gasteiger partial charge in [0.05, 0.1) is 18.6 Å². The van der Waals surface area contributed by atoms with Crippen molar-refractivity contribution >= 4 is 11.6 Å². The fourth-order valence-electron chi connectivity index (χ4n) is 2.79. The lowest BCUT2D eigenvalue weighted by Crippen LogP contribution is -2.20. The molecule has 0 bridgehead atoms. The van der Waals surface area contributed by atoms with Gasteiger partial charge in [0, 0.05) is 23.5 Å². The molecule has 4 aromatic rings. The van der Waals surface area contributed by atoms with Gasteiger partial charge in [-0.15, -0.1) is 0 Å². The van der Waals surface area contributed by atoms with Crippen LogP contribution >= 0.6 is 0 Å². The third-order valence-corrected chi connectivity index (χ3v) is 4.15. The van der Waals surface area contributed by atoms with Crippen LogP contribution < -0.4 is 5.43 Å². The van der Waals surface area contributed by atoms with Gasteiger partial charge < -0.3 is 8.98 Å². The highest BCUT2D eigenvalue weighted by Gasteiger charge is 2.13. The Hall–Kier alpha value is -3.93. The number of hydrazone groups is 1. The Balaban J connectivity index is 1.53. The van der Waals surface area contributed by atoms with Crippen LogP contribution in [0.15, 0.2) is 101 Å². The molecule has 4 rings (SSSR count). The second-order valence-corrected chi connectivity index (χ2v) is 6.13. The molecule has 0 spiro atoms. The largest absolute Gasteiger partial charge is 0.454 e. The summed E-state index contributed by atoms with van der Waals surface area (Å²) >= 11 is 0. The van der Waals surface area contributed by atoms with E-state index < -0.39 is 5.91 Å². The smallest absolute Gasteiger partial charge is 0.307 e. The molecule has 2 aromatic heterocycles. The van der Waals surface area contributed by atoms with Crippen LogP contribution in [0.5, 0.6) is 0 Å². The van der Waals surface area contributed by atoms with E-state index in [9.17, 15) is 4.79 Å². The fourth-order valence-corrected chi connectivity index (χ4v) is 2.79. The number of hydrogen-bond acceptors (Lipinski definition) is 4. The minimum Gasteiger partial charge on any atom is -0.454 e. The molecule has 0 radical (unpaired) electrons. The average molecular weight is 370 g/mol. The van der Waals surface area contributed by atoms with Crippen molar-refractivity contribution in [2.45, 2.75) is 6.54 Å². The number of nitrogens with zero attached hydrogens (tertiary/aromatic N) is 3. The van der Waals surface area contributed by atoms with Gasteiger partial charge in [0.25, 0.3) is 0 Å². The molecule has 0 unspecified atom stereocenters. The van der Waals surface area contributed by atoms with Crippen LogP contribution in [0.25, 0.3) is 0 Å². The van der Waals surface area contributed by atoms with Crippen LogP contribution in [-0.2, 0) is 6.54 Å². The number of imidazole rings is 1. The zero-order valence-electron chi connectivity index (χ0n) is 15.0. The molecule has 0 saturated carbocycles. The number of rotatable bonds is 6. The van der Waals surface area contributed by atoms with E-state index in [0.29, 0.717) is 18.0 Å². The summed E-state index contributed by atoms with van der Waals surface area (Å²) in [7, 11) is 0. The zero-order chi connectivity index (χ0) is 19.2. The molecule has 0 aliphatic heterocycles. The third kappa shape index (κ3) is 4.07. The number of benzene rings is 2. The number of nitrogens with one attached hydrogen (secondary N) is 1. The fraction of sp³-hybridized carbons (Fsp3) is 0.0455. The van der Waals surface area contributed by atoms with Crippen LogP contribution in [0, 0.1) is 0 Å². The molecule has 138 valence electrons. The summed E-state index contributed by atoms with van der Waals surface area (Å²) in [6.07, 6.45) is 5.22. The monoisotopic (exact) mass is 370 g/mol. The van der Waals surface area contributed by atoms with Crippen molar-refractivity contribution in [2.24, 2.45) is 5.10 Å². The maximum atomic E-state index is 12.5. The van der Waals surface area contributed by atoms with E-state index in [1.165, 1.54) is 0 Å². The standard InChI is InChI=1S/C22H18N4O2/c27-22(20-12-11-19(28-20)15-26-14-13-23-16-26)25-24-21(17-7-3-1-4-8-17)18-9-5-2-6-10-18/h1-14,16H,15H2,(H,25,27). The van der Waals surface area contributed by atoms with Crippen molar-refractivity contribution in [3.05, 3.63) is 114 Å². The van der Waals surface area contributed by atoms with Crippen molar-refractivity contribution in [1.82, 2.24) is 15.0 Å². The van der Waals surface area contributed by atoms with Crippen molar-refractivity contribution in [2.75, 3.05) is 0 Å². The number of hydrogen-bond donors (Lipinski definition) is 1. The Morgan fingerprint density at radius 1 is 0.964 bits per heavy atom. The second-order valence-electron chi connectivity index (χ2n) is 6.13. The number of carbonyl (C=O) groups excluding carboxylic acids is 1. The number of carbonyl (C=O) groups is 1. The number of aromatic nitrogens is 2. The summed E-state index contributed by atoms with van der Waals surface area (Å²) in [5.74, 6) is 0.471. The lowest BCUT2D eigenvalue weighted by atomic mass is 10.0. The van der Waals surface area contributed by atoms with E-state index in [1.807, 2.05) is 71.4 Å². The lowest BCUT2D eigenvalue weighted by Gasteiger charge is -2.07. The van der Waals surface area contributed by atoms with E-state index in [2.05, 4.69) is 15.5 Å². The minimum atomic E-state index is -0.402. The molecule has 0 aliphatic rings. The SMILES string of the molecule is O=C(NN=C(c1ccccc1)c1ccccc1)c1ccc(Cn2ccnc2)o1. The van der Waals surface area contributed by atoms with Crippen LogP contribution in [0.4, 0.5) is 0 Å². The van der Waals surface area contributed by atoms with Crippen LogP contribution in [-0.4, -0.2) is 21.2 Å². The lowest BCUT2D eigenvalue weighted by molar-refractivity contribution is 0.0925. The summed E-state index contributed by atoms with van der Waals surface area (Å²) in [4.78, 5) is 16.5. The molecular weight excluding hydrogens is 352 g/mol. The van der Waals surface area contributed by atoms with Crippen molar-refractivity contribution in [3.63, 3.8) is 0 Å². The zero-order valence-corrected chi connectivity index (χ0v) is 15.0. The topological polar surface area (TPSA) is 72.4 Å². The molecule has 1 N–H and O–H groups in total. The van der Waals surface area contributed by atoms with E-state index in [-0.39, 0.29) is 5.76 Å². The number of furan rings is 1. The van der Waals surface area contributed by atoms with Crippen LogP contribution in [0.2, 0.25) is 0 Å². The van der Waals surface area contributed by atoms with Gasteiger partial charge in [0.1, 0.15) is 5.76 Å². The van der Waals surface area contributed by atoms with Crippen LogP contribution in [0.3, 0.4) is 0 Å². The Morgan fingerprint density at radius 2 is 1.64 bits per heavy atom. The van der Waals surface area contributed by atoms with Gasteiger partial charge in [-0.05, 0) is 12.1 Å². The Kier molecular flexibility index (Phi) is 5.11. The van der Waals surface area contributed by atoms with E-state index >= 15 is 0 Å². The normalized spacial score (nSPS) is 10.4. The highest BCUT2D eigenvalue weighted by atomic mass is 16.4. The minimum absolute atomic E-state index is 0.208. The Bertz CT molecular complexity index is 1030. The third-order valence-electron chi connectivity index (χ3n) is 4.15. The van der Waals surface area contributed by atoms with Crippen molar-refractivity contribution in [1.29, 1.82) is 0 Å². The molecule has 2 aromatic carbocycles. The molecular formula is C22H18N4O2. The van der Waals surface area contributed by atoms with Crippen LogP contribution in [0.1, 0.15) is 27.4 Å². The molecule has 0 fully saturated rings. The first kappa shape index (κ1) is 17.5. The van der Waals surface area contributed by atoms with Crippen molar-refractivity contribution in [3.8, 4) is 0 Å². The Morgan fingerprint density at radius 3 is 2.25 bits per heavy atom. The van der Waals surface area contributed by atoms with Gasteiger partial charge in [-0.1, -0.05) is 60.7 Å². The first-order chi connectivity index (χ1) is 13.8. The predicted molar refractivity (Wildman–Crippen MR) is 106 cm³/mol. The maximum absolute atomic E-state index is 12.5. The highest BCUT2D eigenvalue weighted by Crippen LogP contribution is 2.12. The van der Waals surface area contributed by atoms with Gasteiger partial charge in [0.15, 0.2) is 5.76 Å². The summed E-state index contributed by atoms with van der Waals surface area (Å²) in [6.45, 7) is 0.510.